The first kappa shape index (κ1) is 32.4. The van der Waals surface area contributed by atoms with Gasteiger partial charge in [-0.25, -0.2) is 24.4 Å². The highest BCUT2D eigenvalue weighted by atomic mass is 19.4. The lowest BCUT2D eigenvalue weighted by Crippen LogP contribution is -2.50. The van der Waals surface area contributed by atoms with Gasteiger partial charge in [0.1, 0.15) is 29.3 Å². The molecule has 2 aliphatic heterocycles. The maximum absolute atomic E-state index is 14.5. The van der Waals surface area contributed by atoms with Gasteiger partial charge in [0.05, 0.1) is 0 Å². The molecule has 1 aromatic carbocycles. The van der Waals surface area contributed by atoms with Crippen LogP contribution in [0.1, 0.15) is 62.3 Å². The van der Waals surface area contributed by atoms with E-state index >= 15 is 0 Å². The van der Waals surface area contributed by atoms with Gasteiger partial charge < -0.3 is 24.2 Å². The van der Waals surface area contributed by atoms with Gasteiger partial charge in [-0.3, -0.25) is 0 Å². The number of aromatic nitrogens is 7. The van der Waals surface area contributed by atoms with Gasteiger partial charge in [0.2, 0.25) is 17.7 Å². The van der Waals surface area contributed by atoms with E-state index in [1.807, 2.05) is 37.3 Å². The van der Waals surface area contributed by atoms with E-state index in [4.69, 9.17) is 19.0 Å². The van der Waals surface area contributed by atoms with Gasteiger partial charge in [-0.05, 0) is 56.7 Å². The molecule has 0 spiro atoms. The summed E-state index contributed by atoms with van der Waals surface area (Å²) in [6.45, 7) is 4.45. The van der Waals surface area contributed by atoms with E-state index in [1.165, 1.54) is 4.68 Å². The second-order valence-electron chi connectivity index (χ2n) is 12.2. The van der Waals surface area contributed by atoms with Crippen LogP contribution in [0, 0.1) is 6.92 Å². The van der Waals surface area contributed by atoms with E-state index in [9.17, 15) is 18.0 Å². The van der Waals surface area contributed by atoms with Crippen LogP contribution < -0.4 is 5.32 Å². The zero-order valence-corrected chi connectivity index (χ0v) is 26.9. The Kier molecular flexibility index (Phi) is 8.88. The summed E-state index contributed by atoms with van der Waals surface area (Å²) in [6.07, 6.45) is -1.41. The van der Waals surface area contributed by atoms with E-state index in [0.717, 1.165) is 24.6 Å². The van der Waals surface area contributed by atoms with Crippen LogP contribution in [-0.2, 0) is 22.3 Å². The summed E-state index contributed by atoms with van der Waals surface area (Å²) in [5, 5.41) is 12.1. The van der Waals surface area contributed by atoms with Gasteiger partial charge in [0.15, 0.2) is 11.9 Å². The molecule has 0 saturated carbocycles. The number of hydrogen-bond acceptors (Lipinski definition) is 11. The van der Waals surface area contributed by atoms with Crippen molar-refractivity contribution < 1.29 is 32.0 Å². The van der Waals surface area contributed by atoms with Crippen LogP contribution in [0.15, 0.2) is 53.2 Å². The van der Waals surface area contributed by atoms with E-state index in [0.29, 0.717) is 48.5 Å². The van der Waals surface area contributed by atoms with Crippen molar-refractivity contribution in [3.05, 3.63) is 65.7 Å². The van der Waals surface area contributed by atoms with E-state index in [-0.39, 0.29) is 42.7 Å². The fourth-order valence-corrected chi connectivity index (χ4v) is 6.14. The minimum Gasteiger partial charge on any atom is -0.445 e. The molecule has 1 N–H and O–H groups in total. The SMILES string of the molecule is Cc1nc(-c2ccc3c(-c4nc(N[C@H]5CC[C@H](C)N(C(=O)OCc6ccccc6)C5)ncc4C(F)(F)F)nn(C4CCCCO4)c3n2)no1. The molecule has 256 valence electrons. The molecule has 7 rings (SSSR count). The highest BCUT2D eigenvalue weighted by molar-refractivity contribution is 5.92. The van der Waals surface area contributed by atoms with Gasteiger partial charge in [0, 0.05) is 43.7 Å². The molecular formula is C33H34F3N9O4. The number of likely N-dealkylation sites (tertiary alicyclic amines) is 1. The number of alkyl halides is 3. The van der Waals surface area contributed by atoms with Crippen LogP contribution in [0.3, 0.4) is 0 Å². The van der Waals surface area contributed by atoms with Crippen LogP contribution in [0.5, 0.6) is 0 Å². The predicted molar refractivity (Wildman–Crippen MR) is 170 cm³/mol. The molecule has 2 aliphatic rings. The van der Waals surface area contributed by atoms with Crippen molar-refractivity contribution in [1.29, 1.82) is 0 Å². The molecule has 0 radical (unpaired) electrons. The standard InChI is InChI=1S/C33H34F3N9O4/c1-19-11-12-22(17-44(19)32(46)48-18-21-8-4-3-5-9-21)39-31-37-16-24(33(34,35)36)28(41-31)27-23-13-14-25(29-38-20(2)49-43-29)40-30(23)45(42-27)26-10-6-7-15-47-26/h3-5,8-9,13-14,16,19,22,26H,6-7,10-12,15,17-18H2,1-2H3,(H,37,39,41)/t19-,22-,26?/m0/s1. The van der Waals surface area contributed by atoms with Crippen molar-refractivity contribution in [3.8, 4) is 22.9 Å². The summed E-state index contributed by atoms with van der Waals surface area (Å²) >= 11 is 0. The Labute approximate surface area is 278 Å². The number of benzene rings is 1. The van der Waals surface area contributed by atoms with Crippen LogP contribution >= 0.6 is 0 Å². The smallest absolute Gasteiger partial charge is 0.420 e. The molecule has 1 unspecified atom stereocenters. The Morgan fingerprint density at radius 2 is 1.88 bits per heavy atom. The van der Waals surface area contributed by atoms with E-state index in [2.05, 4.69) is 30.5 Å². The second kappa shape index (κ2) is 13.4. The number of pyridine rings is 1. The Balaban J connectivity index is 1.21. The lowest BCUT2D eigenvalue weighted by atomic mass is 10.00. The van der Waals surface area contributed by atoms with Crippen molar-refractivity contribution in [3.63, 3.8) is 0 Å². The Hall–Kier alpha value is -5.12. The van der Waals surface area contributed by atoms with Gasteiger partial charge in [0.25, 0.3) is 0 Å². The molecule has 0 bridgehead atoms. The highest BCUT2D eigenvalue weighted by Gasteiger charge is 2.38. The Bertz CT molecular complexity index is 1940. The van der Waals surface area contributed by atoms with Crippen molar-refractivity contribution in [2.24, 2.45) is 0 Å². The number of anilines is 1. The third kappa shape index (κ3) is 6.90. The fourth-order valence-electron chi connectivity index (χ4n) is 6.14. The first-order valence-corrected chi connectivity index (χ1v) is 16.1. The molecule has 6 heterocycles. The van der Waals surface area contributed by atoms with Crippen molar-refractivity contribution in [2.45, 2.75) is 77.0 Å². The lowest BCUT2D eigenvalue weighted by molar-refractivity contribution is -0.137. The molecule has 3 atom stereocenters. The number of carbonyl (C=O) groups excluding carboxylic acids is 1. The largest absolute Gasteiger partial charge is 0.445 e. The van der Waals surface area contributed by atoms with Crippen molar-refractivity contribution in [2.75, 3.05) is 18.5 Å². The number of nitrogens with zero attached hydrogens (tertiary/aromatic N) is 8. The summed E-state index contributed by atoms with van der Waals surface area (Å²) in [6, 6.07) is 12.2. The van der Waals surface area contributed by atoms with Gasteiger partial charge in [-0.1, -0.05) is 35.5 Å². The predicted octanol–water partition coefficient (Wildman–Crippen LogP) is 6.57. The summed E-state index contributed by atoms with van der Waals surface area (Å²) in [5.41, 5.74) is 0.0606. The van der Waals surface area contributed by atoms with Crippen molar-refractivity contribution >= 4 is 23.1 Å². The number of nitrogens with one attached hydrogen (secondary N) is 1. The number of ether oxygens (including phenoxy) is 2. The van der Waals surface area contributed by atoms with Gasteiger partial charge in [-0.2, -0.15) is 23.3 Å². The third-order valence-electron chi connectivity index (χ3n) is 8.71. The topological polar surface area (TPSA) is 146 Å². The normalized spacial score (nSPS) is 20.0. The average Bonchev–Trinajstić information content (AvgIpc) is 3.72. The molecule has 5 aromatic rings. The van der Waals surface area contributed by atoms with Crippen LogP contribution in [-0.4, -0.2) is 71.1 Å². The molecule has 49 heavy (non-hydrogen) atoms. The number of rotatable bonds is 7. The molecule has 16 heteroatoms. The minimum atomic E-state index is -4.78. The molecule has 13 nitrogen and oxygen atoms in total. The summed E-state index contributed by atoms with van der Waals surface area (Å²) in [5.74, 6) is 0.559. The molecule has 4 aromatic heterocycles. The molecular weight excluding hydrogens is 643 g/mol. The second-order valence-corrected chi connectivity index (χ2v) is 12.2. The quantitative estimate of drug-likeness (QED) is 0.200. The Morgan fingerprint density at radius 1 is 1.04 bits per heavy atom. The Morgan fingerprint density at radius 3 is 2.61 bits per heavy atom. The lowest BCUT2D eigenvalue weighted by Gasteiger charge is -2.37. The monoisotopic (exact) mass is 677 g/mol. The van der Waals surface area contributed by atoms with Gasteiger partial charge in [-0.15, -0.1) is 0 Å². The van der Waals surface area contributed by atoms with Crippen LogP contribution in [0.25, 0.3) is 33.9 Å². The summed E-state index contributed by atoms with van der Waals surface area (Å²) in [4.78, 5) is 32.0. The molecule has 0 aliphatic carbocycles. The number of fused-ring (bicyclic) bond motifs is 1. The average molecular weight is 678 g/mol. The third-order valence-corrected chi connectivity index (χ3v) is 8.71. The number of halogens is 3. The number of carbonyl (C=O) groups is 1. The maximum Gasteiger partial charge on any atom is 0.420 e. The van der Waals surface area contributed by atoms with Gasteiger partial charge >= 0.3 is 12.3 Å². The molecule has 2 saturated heterocycles. The number of aryl methyl sites for hydroxylation is 1. The highest BCUT2D eigenvalue weighted by Crippen LogP contribution is 2.40. The summed E-state index contributed by atoms with van der Waals surface area (Å²) in [7, 11) is 0. The molecule has 1 amide bonds. The number of piperidine rings is 1. The number of amides is 1. The zero-order valence-electron chi connectivity index (χ0n) is 26.9. The first-order chi connectivity index (χ1) is 23.6. The van der Waals surface area contributed by atoms with E-state index < -0.39 is 29.8 Å². The van der Waals surface area contributed by atoms with Crippen LogP contribution in [0.2, 0.25) is 0 Å². The molecule has 2 fully saturated rings. The maximum atomic E-state index is 14.5. The fraction of sp³-hybridized carbons (Fsp3) is 0.424. The van der Waals surface area contributed by atoms with Crippen molar-refractivity contribution in [1.82, 2.24) is 39.8 Å². The van der Waals surface area contributed by atoms with E-state index in [1.54, 1.807) is 24.0 Å². The summed E-state index contributed by atoms with van der Waals surface area (Å²) < 4.78 is 61.6. The zero-order chi connectivity index (χ0) is 34.1. The van der Waals surface area contributed by atoms with Crippen LogP contribution in [0.4, 0.5) is 23.9 Å². The minimum absolute atomic E-state index is 0.0197. The number of hydrogen-bond donors (Lipinski definition) is 1. The first-order valence-electron chi connectivity index (χ1n) is 16.1.